The van der Waals surface area contributed by atoms with Crippen LogP contribution in [-0.2, 0) is 0 Å². The summed E-state index contributed by atoms with van der Waals surface area (Å²) in [7, 11) is 0. The van der Waals surface area contributed by atoms with Gasteiger partial charge in [0.1, 0.15) is 0 Å². The molecular formula is C22H28N2. The van der Waals surface area contributed by atoms with Gasteiger partial charge in [-0.3, -0.25) is 4.90 Å². The second-order valence-corrected chi connectivity index (χ2v) is 6.73. The highest BCUT2D eigenvalue weighted by atomic mass is 15.3. The molecule has 1 fully saturated rings. The molecule has 2 aromatic carbocycles. The maximum Gasteiger partial charge on any atom is 0.0167 e. The molecule has 1 saturated heterocycles. The molecule has 24 heavy (non-hydrogen) atoms. The highest BCUT2D eigenvalue weighted by Crippen LogP contribution is 2.17. The van der Waals surface area contributed by atoms with Gasteiger partial charge in [-0.2, -0.15) is 0 Å². The number of nitrogens with zero attached hydrogens (tertiary/aromatic N) is 2. The molecule has 0 aromatic heterocycles. The summed E-state index contributed by atoms with van der Waals surface area (Å²) >= 11 is 0. The van der Waals surface area contributed by atoms with E-state index in [0.29, 0.717) is 5.92 Å². The molecule has 1 aliphatic rings. The Morgan fingerprint density at radius 3 is 2.08 bits per heavy atom. The Labute approximate surface area is 146 Å². The molecule has 0 spiro atoms. The fourth-order valence-electron chi connectivity index (χ4n) is 3.33. The third-order valence-electron chi connectivity index (χ3n) is 4.84. The van der Waals surface area contributed by atoms with Gasteiger partial charge in [-0.25, -0.2) is 0 Å². The number of piperazine rings is 1. The van der Waals surface area contributed by atoms with E-state index in [1.165, 1.54) is 37.3 Å². The molecule has 2 nitrogen and oxygen atoms in total. The van der Waals surface area contributed by atoms with Crippen LogP contribution in [0, 0.1) is 0 Å². The van der Waals surface area contributed by atoms with E-state index in [1.54, 1.807) is 0 Å². The van der Waals surface area contributed by atoms with Crippen LogP contribution in [-0.4, -0.2) is 49.1 Å². The SMILES string of the molecule is C[C@@H](CN1CCN(C/C=C/c2ccccc2)CC1)c1ccccc1. The van der Waals surface area contributed by atoms with Gasteiger partial charge in [0.25, 0.3) is 0 Å². The maximum absolute atomic E-state index is 2.61. The summed E-state index contributed by atoms with van der Waals surface area (Å²) in [4.78, 5) is 5.15. The Hall–Kier alpha value is -1.90. The standard InChI is InChI=1S/C22H28N2/c1-20(22-12-6-3-7-13-22)19-24-17-15-23(16-18-24)14-8-11-21-9-4-2-5-10-21/h2-13,20H,14-19H2,1H3/b11-8+/t20-/m0/s1. The highest BCUT2D eigenvalue weighted by molar-refractivity contribution is 5.48. The summed E-state index contributed by atoms with van der Waals surface area (Å²) in [5.74, 6) is 0.607. The largest absolute Gasteiger partial charge is 0.300 e. The minimum absolute atomic E-state index is 0.607. The summed E-state index contributed by atoms with van der Waals surface area (Å²) < 4.78 is 0. The smallest absolute Gasteiger partial charge is 0.0167 e. The molecule has 126 valence electrons. The van der Waals surface area contributed by atoms with Crippen LogP contribution in [0.1, 0.15) is 24.0 Å². The molecule has 1 aliphatic heterocycles. The van der Waals surface area contributed by atoms with Crippen molar-refractivity contribution < 1.29 is 0 Å². The number of hydrogen-bond acceptors (Lipinski definition) is 2. The molecule has 0 bridgehead atoms. The molecule has 0 amide bonds. The van der Waals surface area contributed by atoms with Crippen LogP contribution < -0.4 is 0 Å². The predicted octanol–water partition coefficient (Wildman–Crippen LogP) is 4.12. The van der Waals surface area contributed by atoms with E-state index >= 15 is 0 Å². The van der Waals surface area contributed by atoms with E-state index in [1.807, 2.05) is 0 Å². The molecule has 0 aliphatic carbocycles. The normalized spacial score (nSPS) is 18.0. The van der Waals surface area contributed by atoms with Crippen molar-refractivity contribution in [3.8, 4) is 0 Å². The van der Waals surface area contributed by atoms with E-state index in [-0.39, 0.29) is 0 Å². The Morgan fingerprint density at radius 2 is 1.42 bits per heavy atom. The fraction of sp³-hybridized carbons (Fsp3) is 0.364. The molecule has 0 saturated carbocycles. The lowest BCUT2D eigenvalue weighted by Crippen LogP contribution is -2.47. The molecule has 1 heterocycles. The van der Waals surface area contributed by atoms with Crippen molar-refractivity contribution in [3.63, 3.8) is 0 Å². The van der Waals surface area contributed by atoms with Gasteiger partial charge in [-0.1, -0.05) is 79.7 Å². The summed E-state index contributed by atoms with van der Waals surface area (Å²) in [6.07, 6.45) is 4.52. The average Bonchev–Trinajstić information content (AvgIpc) is 2.65. The number of benzene rings is 2. The molecule has 2 aromatic rings. The quantitative estimate of drug-likeness (QED) is 0.790. The Kier molecular flexibility index (Phi) is 6.22. The van der Waals surface area contributed by atoms with Crippen molar-refractivity contribution in [2.24, 2.45) is 0 Å². The van der Waals surface area contributed by atoms with Crippen molar-refractivity contribution in [3.05, 3.63) is 77.9 Å². The number of rotatable bonds is 6. The summed E-state index contributed by atoms with van der Waals surface area (Å²) in [6, 6.07) is 21.4. The Bertz CT molecular complexity index is 613. The minimum Gasteiger partial charge on any atom is -0.300 e. The molecule has 0 N–H and O–H groups in total. The van der Waals surface area contributed by atoms with Crippen molar-refractivity contribution in [1.29, 1.82) is 0 Å². The van der Waals surface area contributed by atoms with E-state index in [2.05, 4.69) is 89.5 Å². The van der Waals surface area contributed by atoms with Gasteiger partial charge < -0.3 is 4.90 Å². The maximum atomic E-state index is 2.61. The highest BCUT2D eigenvalue weighted by Gasteiger charge is 2.18. The van der Waals surface area contributed by atoms with Gasteiger partial charge in [-0.15, -0.1) is 0 Å². The molecule has 3 rings (SSSR count). The van der Waals surface area contributed by atoms with Crippen LogP contribution in [0.2, 0.25) is 0 Å². The van der Waals surface area contributed by atoms with E-state index < -0.39 is 0 Å². The first-order chi connectivity index (χ1) is 11.8. The molecule has 0 unspecified atom stereocenters. The van der Waals surface area contributed by atoms with Crippen molar-refractivity contribution in [1.82, 2.24) is 9.80 Å². The topological polar surface area (TPSA) is 6.48 Å². The van der Waals surface area contributed by atoms with Crippen LogP contribution >= 0.6 is 0 Å². The average molecular weight is 320 g/mol. The van der Waals surface area contributed by atoms with Gasteiger partial charge in [-0.05, 0) is 17.0 Å². The molecule has 1 atom stereocenters. The Balaban J connectivity index is 1.40. The van der Waals surface area contributed by atoms with Gasteiger partial charge in [0.05, 0.1) is 0 Å². The first-order valence-corrected chi connectivity index (χ1v) is 9.02. The first kappa shape index (κ1) is 16.9. The Morgan fingerprint density at radius 1 is 0.833 bits per heavy atom. The van der Waals surface area contributed by atoms with Crippen molar-refractivity contribution in [2.75, 3.05) is 39.3 Å². The summed E-state index contributed by atoms with van der Waals surface area (Å²) in [6.45, 7) is 9.24. The zero-order valence-electron chi connectivity index (χ0n) is 14.6. The van der Waals surface area contributed by atoms with Crippen LogP contribution in [0.3, 0.4) is 0 Å². The minimum atomic E-state index is 0.607. The lowest BCUT2D eigenvalue weighted by molar-refractivity contribution is 0.138. The second-order valence-electron chi connectivity index (χ2n) is 6.73. The van der Waals surface area contributed by atoms with Crippen molar-refractivity contribution >= 4 is 6.08 Å². The summed E-state index contributed by atoms with van der Waals surface area (Å²) in [5, 5.41) is 0. The molecule has 2 heteroatoms. The zero-order valence-corrected chi connectivity index (χ0v) is 14.6. The van der Waals surface area contributed by atoms with E-state index in [0.717, 1.165) is 13.1 Å². The zero-order chi connectivity index (χ0) is 16.6. The van der Waals surface area contributed by atoms with E-state index in [4.69, 9.17) is 0 Å². The molecular weight excluding hydrogens is 292 g/mol. The third-order valence-corrected chi connectivity index (χ3v) is 4.84. The summed E-state index contributed by atoms with van der Waals surface area (Å²) in [5.41, 5.74) is 2.73. The lowest BCUT2D eigenvalue weighted by Gasteiger charge is -2.35. The molecule has 0 radical (unpaired) electrons. The van der Waals surface area contributed by atoms with Gasteiger partial charge in [0.15, 0.2) is 0 Å². The third kappa shape index (κ3) is 5.05. The van der Waals surface area contributed by atoms with Gasteiger partial charge in [0.2, 0.25) is 0 Å². The van der Waals surface area contributed by atoms with Gasteiger partial charge in [0, 0.05) is 39.3 Å². The van der Waals surface area contributed by atoms with Crippen LogP contribution in [0.4, 0.5) is 0 Å². The lowest BCUT2D eigenvalue weighted by atomic mass is 10.0. The van der Waals surface area contributed by atoms with Crippen molar-refractivity contribution in [2.45, 2.75) is 12.8 Å². The van der Waals surface area contributed by atoms with Gasteiger partial charge >= 0.3 is 0 Å². The van der Waals surface area contributed by atoms with Crippen LogP contribution in [0.25, 0.3) is 6.08 Å². The van der Waals surface area contributed by atoms with Crippen LogP contribution in [0.5, 0.6) is 0 Å². The monoisotopic (exact) mass is 320 g/mol. The van der Waals surface area contributed by atoms with E-state index in [9.17, 15) is 0 Å². The first-order valence-electron chi connectivity index (χ1n) is 9.02. The number of hydrogen-bond donors (Lipinski definition) is 0. The second kappa shape index (κ2) is 8.81. The predicted molar refractivity (Wildman–Crippen MR) is 103 cm³/mol. The van der Waals surface area contributed by atoms with Crippen LogP contribution in [0.15, 0.2) is 66.7 Å². The fourth-order valence-corrected chi connectivity index (χ4v) is 3.33.